The molecule has 2 fully saturated rings. The molecule has 2 saturated carbocycles. The Morgan fingerprint density at radius 3 is 2.83 bits per heavy atom. The minimum absolute atomic E-state index is 0.0262. The van der Waals surface area contributed by atoms with Crippen molar-refractivity contribution in [2.24, 2.45) is 17.8 Å². The zero-order chi connectivity index (χ0) is 13.0. The smallest absolute Gasteiger partial charge is 0.330 e. The first-order valence-corrected chi connectivity index (χ1v) is 6.74. The number of fused-ring (bicyclic) bond motifs is 2. The van der Waals surface area contributed by atoms with Crippen LogP contribution in [-0.2, 0) is 14.3 Å². The standard InChI is InChI=1S/C14H22O4/c1-2-14(16)18-9-13(15)8-17-7-12-6-10-3-4-11(12)5-10/h2,10-13,15H,1,3-9H2. The maximum Gasteiger partial charge on any atom is 0.330 e. The lowest BCUT2D eigenvalue weighted by Crippen LogP contribution is -2.26. The van der Waals surface area contributed by atoms with Crippen LogP contribution in [0.3, 0.4) is 0 Å². The minimum atomic E-state index is -0.743. The highest BCUT2D eigenvalue weighted by molar-refractivity contribution is 5.81. The zero-order valence-electron chi connectivity index (χ0n) is 10.7. The van der Waals surface area contributed by atoms with E-state index < -0.39 is 12.1 Å². The van der Waals surface area contributed by atoms with Crippen LogP contribution in [0, 0.1) is 17.8 Å². The minimum Gasteiger partial charge on any atom is -0.460 e. The summed E-state index contributed by atoms with van der Waals surface area (Å²) in [5, 5.41) is 9.56. The van der Waals surface area contributed by atoms with E-state index in [1.807, 2.05) is 0 Å². The molecule has 4 heteroatoms. The highest BCUT2D eigenvalue weighted by Crippen LogP contribution is 2.48. The fraction of sp³-hybridized carbons (Fsp3) is 0.786. The first-order chi connectivity index (χ1) is 8.69. The number of ether oxygens (including phenoxy) is 2. The number of aliphatic hydroxyl groups excluding tert-OH is 1. The molecule has 4 atom stereocenters. The van der Waals surface area contributed by atoms with Crippen molar-refractivity contribution in [3.63, 3.8) is 0 Å². The molecule has 4 nitrogen and oxygen atoms in total. The highest BCUT2D eigenvalue weighted by atomic mass is 16.5. The molecule has 0 heterocycles. The average Bonchev–Trinajstić information content (AvgIpc) is 2.98. The van der Waals surface area contributed by atoms with Crippen LogP contribution in [0.1, 0.15) is 25.7 Å². The van der Waals surface area contributed by atoms with Crippen LogP contribution in [0.4, 0.5) is 0 Å². The molecule has 0 aromatic heterocycles. The van der Waals surface area contributed by atoms with Crippen LogP contribution in [0.15, 0.2) is 12.7 Å². The number of aliphatic hydroxyl groups is 1. The van der Waals surface area contributed by atoms with Gasteiger partial charge in [0.15, 0.2) is 0 Å². The van der Waals surface area contributed by atoms with Crippen molar-refractivity contribution >= 4 is 5.97 Å². The Morgan fingerprint density at radius 2 is 2.22 bits per heavy atom. The maximum atomic E-state index is 10.8. The predicted molar refractivity (Wildman–Crippen MR) is 66.9 cm³/mol. The number of carbonyl (C=O) groups excluding carboxylic acids is 1. The van der Waals surface area contributed by atoms with E-state index in [0.29, 0.717) is 5.92 Å². The summed E-state index contributed by atoms with van der Waals surface area (Å²) < 4.78 is 10.3. The van der Waals surface area contributed by atoms with Crippen LogP contribution in [0.25, 0.3) is 0 Å². The third kappa shape index (κ3) is 3.56. The second-order valence-corrected chi connectivity index (χ2v) is 5.46. The molecule has 0 aromatic rings. The summed E-state index contributed by atoms with van der Waals surface area (Å²) in [7, 11) is 0. The summed E-state index contributed by atoms with van der Waals surface area (Å²) in [6.07, 6.45) is 5.73. The fourth-order valence-corrected chi connectivity index (χ4v) is 3.22. The van der Waals surface area contributed by atoms with Gasteiger partial charge in [0, 0.05) is 12.7 Å². The van der Waals surface area contributed by atoms with Crippen LogP contribution in [0.2, 0.25) is 0 Å². The van der Waals surface area contributed by atoms with Gasteiger partial charge in [0.1, 0.15) is 12.7 Å². The molecule has 102 valence electrons. The monoisotopic (exact) mass is 254 g/mol. The molecule has 2 aliphatic rings. The van der Waals surface area contributed by atoms with Crippen molar-refractivity contribution in [2.45, 2.75) is 31.8 Å². The lowest BCUT2D eigenvalue weighted by molar-refractivity contribution is -0.142. The first kappa shape index (κ1) is 13.6. The van der Waals surface area contributed by atoms with E-state index in [9.17, 15) is 9.90 Å². The van der Waals surface area contributed by atoms with Gasteiger partial charge in [-0.1, -0.05) is 13.0 Å². The third-order valence-corrected chi connectivity index (χ3v) is 4.11. The van der Waals surface area contributed by atoms with Crippen molar-refractivity contribution in [3.05, 3.63) is 12.7 Å². The number of hydrogen-bond acceptors (Lipinski definition) is 4. The SMILES string of the molecule is C=CC(=O)OCC(O)COCC1CC2CCC1C2. The van der Waals surface area contributed by atoms with Crippen molar-refractivity contribution in [1.82, 2.24) is 0 Å². The van der Waals surface area contributed by atoms with Gasteiger partial charge < -0.3 is 14.6 Å². The largest absolute Gasteiger partial charge is 0.460 e. The van der Waals surface area contributed by atoms with Gasteiger partial charge in [0.25, 0.3) is 0 Å². The average molecular weight is 254 g/mol. The molecule has 0 aliphatic heterocycles. The van der Waals surface area contributed by atoms with Crippen LogP contribution in [-0.4, -0.2) is 37.0 Å². The summed E-state index contributed by atoms with van der Waals surface area (Å²) in [4.78, 5) is 10.8. The van der Waals surface area contributed by atoms with Crippen molar-refractivity contribution in [1.29, 1.82) is 0 Å². The van der Waals surface area contributed by atoms with Gasteiger partial charge in [0.2, 0.25) is 0 Å². The Kier molecular flexibility index (Phi) is 4.78. The summed E-state index contributed by atoms with van der Waals surface area (Å²) in [5.74, 6) is 1.92. The Labute approximate surface area is 108 Å². The van der Waals surface area contributed by atoms with E-state index >= 15 is 0 Å². The van der Waals surface area contributed by atoms with Crippen molar-refractivity contribution in [2.75, 3.05) is 19.8 Å². The van der Waals surface area contributed by atoms with Gasteiger partial charge in [-0.3, -0.25) is 0 Å². The fourth-order valence-electron chi connectivity index (χ4n) is 3.22. The predicted octanol–water partition coefficient (Wildman–Crippen LogP) is 1.53. The van der Waals surface area contributed by atoms with Gasteiger partial charge in [-0.15, -0.1) is 0 Å². The Balaban J connectivity index is 1.55. The topological polar surface area (TPSA) is 55.8 Å². The Bertz CT molecular complexity index is 302. The summed E-state index contributed by atoms with van der Waals surface area (Å²) in [5.41, 5.74) is 0. The summed E-state index contributed by atoms with van der Waals surface area (Å²) in [6, 6.07) is 0. The van der Waals surface area contributed by atoms with Gasteiger partial charge in [-0.05, 0) is 37.0 Å². The number of esters is 1. The van der Waals surface area contributed by atoms with Gasteiger partial charge in [-0.25, -0.2) is 4.79 Å². The molecule has 2 bridgehead atoms. The van der Waals surface area contributed by atoms with E-state index in [0.717, 1.165) is 24.5 Å². The van der Waals surface area contributed by atoms with Crippen LogP contribution < -0.4 is 0 Å². The number of rotatable bonds is 7. The molecule has 0 spiro atoms. The van der Waals surface area contributed by atoms with Crippen molar-refractivity contribution < 1.29 is 19.4 Å². The zero-order valence-corrected chi connectivity index (χ0v) is 10.7. The third-order valence-electron chi connectivity index (χ3n) is 4.11. The number of carbonyl (C=O) groups is 1. The van der Waals surface area contributed by atoms with Gasteiger partial charge in [0.05, 0.1) is 6.61 Å². The van der Waals surface area contributed by atoms with Crippen LogP contribution in [0.5, 0.6) is 0 Å². The molecule has 0 radical (unpaired) electrons. The van der Waals surface area contributed by atoms with E-state index in [1.165, 1.54) is 25.7 Å². The van der Waals surface area contributed by atoms with E-state index in [2.05, 4.69) is 6.58 Å². The lowest BCUT2D eigenvalue weighted by atomic mass is 9.90. The second-order valence-electron chi connectivity index (χ2n) is 5.46. The summed E-state index contributed by atoms with van der Waals surface area (Å²) in [6.45, 7) is 4.23. The Hall–Kier alpha value is -0.870. The maximum absolute atomic E-state index is 10.8. The molecule has 4 unspecified atom stereocenters. The Morgan fingerprint density at radius 1 is 1.39 bits per heavy atom. The molecule has 1 N–H and O–H groups in total. The molecule has 0 saturated heterocycles. The molecule has 2 aliphatic carbocycles. The van der Waals surface area contributed by atoms with Gasteiger partial charge >= 0.3 is 5.97 Å². The van der Waals surface area contributed by atoms with E-state index in [-0.39, 0.29) is 13.2 Å². The normalized spacial score (nSPS) is 31.3. The first-order valence-electron chi connectivity index (χ1n) is 6.74. The number of hydrogen-bond donors (Lipinski definition) is 1. The van der Waals surface area contributed by atoms with E-state index in [1.54, 1.807) is 0 Å². The molecular weight excluding hydrogens is 232 g/mol. The highest BCUT2D eigenvalue weighted by Gasteiger charge is 2.39. The van der Waals surface area contributed by atoms with Gasteiger partial charge in [-0.2, -0.15) is 0 Å². The van der Waals surface area contributed by atoms with Crippen LogP contribution >= 0.6 is 0 Å². The molecule has 2 rings (SSSR count). The van der Waals surface area contributed by atoms with E-state index in [4.69, 9.17) is 9.47 Å². The molecule has 18 heavy (non-hydrogen) atoms. The lowest BCUT2D eigenvalue weighted by Gasteiger charge is -2.22. The quantitative estimate of drug-likeness (QED) is 0.553. The molecule has 0 aromatic carbocycles. The van der Waals surface area contributed by atoms with Crippen molar-refractivity contribution in [3.8, 4) is 0 Å². The summed E-state index contributed by atoms with van der Waals surface area (Å²) >= 11 is 0. The molecular formula is C14H22O4. The molecule has 0 amide bonds. The second kappa shape index (κ2) is 6.34.